The lowest BCUT2D eigenvalue weighted by Gasteiger charge is -2.12. The van der Waals surface area contributed by atoms with Crippen molar-refractivity contribution in [2.45, 2.75) is 12.2 Å². The molecular formula is C6H12BNO2. The summed E-state index contributed by atoms with van der Waals surface area (Å²) in [4.78, 5) is 12.6. The van der Waals surface area contributed by atoms with Gasteiger partial charge in [-0.15, -0.1) is 0 Å². The molecule has 0 saturated carbocycles. The normalized spacial score (nSPS) is 24.9. The molecule has 1 aliphatic rings. The number of hydrogen-bond donors (Lipinski definition) is 0. The van der Waals surface area contributed by atoms with Crippen LogP contribution in [-0.4, -0.2) is 39.0 Å². The van der Waals surface area contributed by atoms with Gasteiger partial charge < -0.3 is 9.64 Å². The molecule has 0 aliphatic carbocycles. The highest BCUT2D eigenvalue weighted by atomic mass is 16.5. The molecule has 0 aromatic heterocycles. The van der Waals surface area contributed by atoms with Crippen LogP contribution >= 0.6 is 0 Å². The molecule has 0 spiro atoms. The minimum Gasteiger partial charge on any atom is -0.453 e. The van der Waals surface area contributed by atoms with Crippen molar-refractivity contribution in [1.29, 1.82) is 0 Å². The molecule has 1 saturated heterocycles. The second-order valence-corrected chi connectivity index (χ2v) is 2.81. The second-order valence-electron chi connectivity index (χ2n) is 2.81. The van der Waals surface area contributed by atoms with Crippen molar-refractivity contribution < 1.29 is 9.53 Å². The Balaban J connectivity index is 2.37. The van der Waals surface area contributed by atoms with Crippen molar-refractivity contribution >= 4 is 13.9 Å². The van der Waals surface area contributed by atoms with E-state index < -0.39 is 0 Å². The van der Waals surface area contributed by atoms with Gasteiger partial charge in [0.1, 0.15) is 7.85 Å². The molecule has 1 unspecified atom stereocenters. The number of likely N-dealkylation sites (tertiary alicyclic amines) is 1. The topological polar surface area (TPSA) is 29.5 Å². The number of methoxy groups -OCH3 is 1. The standard InChI is InChI=1S/C6H12BNO2/c1-10-6(9)8-3-2-5(7)4-8/h5H,2-4,7H2,1H3. The number of hydrogen-bond acceptors (Lipinski definition) is 2. The van der Waals surface area contributed by atoms with Gasteiger partial charge in [-0.05, 0) is 6.42 Å². The van der Waals surface area contributed by atoms with Gasteiger partial charge in [-0.25, -0.2) is 4.79 Å². The lowest BCUT2D eigenvalue weighted by Crippen LogP contribution is -2.27. The van der Waals surface area contributed by atoms with Crippen LogP contribution < -0.4 is 0 Å². The molecule has 1 heterocycles. The third-order valence-electron chi connectivity index (χ3n) is 1.86. The molecule has 1 aliphatic heterocycles. The molecule has 0 aromatic rings. The van der Waals surface area contributed by atoms with E-state index in [1.165, 1.54) is 7.11 Å². The highest BCUT2D eigenvalue weighted by Gasteiger charge is 2.22. The third-order valence-corrected chi connectivity index (χ3v) is 1.86. The van der Waals surface area contributed by atoms with Gasteiger partial charge in [0.15, 0.2) is 0 Å². The molecule has 0 bridgehead atoms. The number of ether oxygens (including phenoxy) is 1. The van der Waals surface area contributed by atoms with Crippen LogP contribution in [0.3, 0.4) is 0 Å². The zero-order valence-electron chi connectivity index (χ0n) is 6.46. The van der Waals surface area contributed by atoms with Crippen molar-refractivity contribution in [3.63, 3.8) is 0 Å². The van der Waals surface area contributed by atoms with Gasteiger partial charge in [0, 0.05) is 13.1 Å². The Morgan fingerprint density at radius 2 is 2.50 bits per heavy atom. The van der Waals surface area contributed by atoms with Gasteiger partial charge in [0.2, 0.25) is 0 Å². The zero-order valence-corrected chi connectivity index (χ0v) is 6.46. The molecule has 0 N–H and O–H groups in total. The van der Waals surface area contributed by atoms with Gasteiger partial charge >= 0.3 is 6.09 Å². The maximum atomic E-state index is 10.9. The first-order valence-corrected chi connectivity index (χ1v) is 3.57. The maximum Gasteiger partial charge on any atom is 0.409 e. The third kappa shape index (κ3) is 1.43. The van der Waals surface area contributed by atoms with Crippen LogP contribution in [0.15, 0.2) is 0 Å². The summed E-state index contributed by atoms with van der Waals surface area (Å²) in [5, 5.41) is 0. The van der Waals surface area contributed by atoms with E-state index in [1.807, 2.05) is 0 Å². The minimum absolute atomic E-state index is 0.190. The van der Waals surface area contributed by atoms with Crippen LogP contribution in [0.2, 0.25) is 5.82 Å². The van der Waals surface area contributed by atoms with Crippen molar-refractivity contribution in [3.05, 3.63) is 0 Å². The molecule has 1 atom stereocenters. The molecule has 4 heteroatoms. The summed E-state index contributed by atoms with van der Waals surface area (Å²) >= 11 is 0. The van der Waals surface area contributed by atoms with Gasteiger partial charge in [-0.3, -0.25) is 0 Å². The molecule has 56 valence electrons. The Hall–Kier alpha value is -0.665. The van der Waals surface area contributed by atoms with E-state index in [1.54, 1.807) is 4.90 Å². The number of amides is 1. The van der Waals surface area contributed by atoms with Gasteiger partial charge in [-0.2, -0.15) is 0 Å². The average molecular weight is 141 g/mol. The predicted octanol–water partition coefficient (Wildman–Crippen LogP) is -0.120. The predicted molar refractivity (Wildman–Crippen MR) is 40.9 cm³/mol. The summed E-state index contributed by atoms with van der Waals surface area (Å²) in [5.41, 5.74) is 0. The highest BCUT2D eigenvalue weighted by molar-refractivity contribution is 6.12. The molecular weight excluding hydrogens is 129 g/mol. The first-order valence-electron chi connectivity index (χ1n) is 3.57. The van der Waals surface area contributed by atoms with E-state index in [0.717, 1.165) is 19.5 Å². The molecule has 1 rings (SSSR count). The minimum atomic E-state index is -0.190. The Kier molecular flexibility index (Phi) is 2.19. The molecule has 3 nitrogen and oxygen atoms in total. The monoisotopic (exact) mass is 141 g/mol. The number of carbonyl (C=O) groups excluding carboxylic acids is 1. The van der Waals surface area contributed by atoms with E-state index in [0.29, 0.717) is 5.82 Å². The highest BCUT2D eigenvalue weighted by Crippen LogP contribution is 2.17. The van der Waals surface area contributed by atoms with Crippen LogP contribution in [0.5, 0.6) is 0 Å². The lowest BCUT2D eigenvalue weighted by atomic mass is 9.87. The fourth-order valence-electron chi connectivity index (χ4n) is 1.23. The quantitative estimate of drug-likeness (QED) is 0.440. The fourth-order valence-corrected chi connectivity index (χ4v) is 1.23. The van der Waals surface area contributed by atoms with Crippen molar-refractivity contribution in [1.82, 2.24) is 4.90 Å². The second kappa shape index (κ2) is 2.95. The summed E-state index contributed by atoms with van der Waals surface area (Å²) in [6, 6.07) is 0. The van der Waals surface area contributed by atoms with Gasteiger partial charge in [0.05, 0.1) is 7.11 Å². The van der Waals surface area contributed by atoms with E-state index in [9.17, 15) is 4.79 Å². The smallest absolute Gasteiger partial charge is 0.409 e. The SMILES string of the molecule is BC1CCN(C(=O)OC)C1. The van der Waals surface area contributed by atoms with E-state index >= 15 is 0 Å². The first-order chi connectivity index (χ1) is 4.74. The Bertz CT molecular complexity index is 140. The summed E-state index contributed by atoms with van der Waals surface area (Å²) in [6.07, 6.45) is 0.916. The summed E-state index contributed by atoms with van der Waals surface area (Å²) in [5.74, 6) is 0.638. The molecule has 1 fully saturated rings. The van der Waals surface area contributed by atoms with Crippen LogP contribution in [0.1, 0.15) is 6.42 Å². The van der Waals surface area contributed by atoms with E-state index in [2.05, 4.69) is 12.6 Å². The summed E-state index contributed by atoms with van der Waals surface area (Å²) in [6.45, 7) is 1.71. The van der Waals surface area contributed by atoms with Crippen molar-refractivity contribution in [2.24, 2.45) is 0 Å². The van der Waals surface area contributed by atoms with E-state index in [4.69, 9.17) is 0 Å². The molecule has 0 radical (unpaired) electrons. The zero-order chi connectivity index (χ0) is 7.56. The summed E-state index contributed by atoms with van der Waals surface area (Å²) < 4.78 is 4.57. The Morgan fingerprint density at radius 1 is 1.80 bits per heavy atom. The van der Waals surface area contributed by atoms with Crippen molar-refractivity contribution in [3.8, 4) is 0 Å². The van der Waals surface area contributed by atoms with Gasteiger partial charge in [-0.1, -0.05) is 5.82 Å². The van der Waals surface area contributed by atoms with E-state index in [-0.39, 0.29) is 6.09 Å². The van der Waals surface area contributed by atoms with Crippen LogP contribution in [0.25, 0.3) is 0 Å². The van der Waals surface area contributed by atoms with Crippen LogP contribution in [-0.2, 0) is 4.74 Å². The number of carbonyl (C=O) groups is 1. The summed E-state index contributed by atoms with van der Waals surface area (Å²) in [7, 11) is 3.56. The fraction of sp³-hybridized carbons (Fsp3) is 0.833. The Morgan fingerprint density at radius 3 is 2.90 bits per heavy atom. The number of rotatable bonds is 0. The van der Waals surface area contributed by atoms with Crippen LogP contribution in [0.4, 0.5) is 4.79 Å². The lowest BCUT2D eigenvalue weighted by molar-refractivity contribution is 0.133. The van der Waals surface area contributed by atoms with Crippen LogP contribution in [0, 0.1) is 0 Å². The number of nitrogens with zero attached hydrogens (tertiary/aromatic N) is 1. The molecule has 0 aromatic carbocycles. The molecule has 10 heavy (non-hydrogen) atoms. The largest absolute Gasteiger partial charge is 0.453 e. The van der Waals surface area contributed by atoms with Crippen molar-refractivity contribution in [2.75, 3.05) is 20.2 Å². The van der Waals surface area contributed by atoms with Gasteiger partial charge in [0.25, 0.3) is 0 Å². The Labute approximate surface area is 61.7 Å². The molecule has 1 amide bonds. The maximum absolute atomic E-state index is 10.9. The first kappa shape index (κ1) is 7.44. The average Bonchev–Trinajstić information content (AvgIpc) is 2.34.